The molecule has 4 atom stereocenters. The molecular weight excluding hydrogens is 425 g/mol. The van der Waals surface area contributed by atoms with Gasteiger partial charge in [0.05, 0.1) is 11.9 Å². The van der Waals surface area contributed by atoms with Crippen LogP contribution in [0.2, 0.25) is 0 Å². The van der Waals surface area contributed by atoms with Crippen molar-refractivity contribution >= 4 is 23.1 Å². The number of carbonyl (C=O) groups excluding carboxylic acids is 1. The molecule has 0 radical (unpaired) electrons. The Bertz CT molecular complexity index is 1200. The lowest BCUT2D eigenvalue weighted by Gasteiger charge is -2.60. The molecule has 8 rings (SSSR count). The number of aryl methyl sites for hydroxylation is 1. The maximum atomic E-state index is 13.2. The topological polar surface area (TPSA) is 92.4 Å². The van der Waals surface area contributed by atoms with Crippen LogP contribution in [0.15, 0.2) is 24.7 Å². The second-order valence-electron chi connectivity index (χ2n) is 8.71. The molecule has 32 heavy (non-hydrogen) atoms. The van der Waals surface area contributed by atoms with E-state index in [1.807, 2.05) is 6.07 Å². The Balaban J connectivity index is 1.34. The molecule has 168 valence electrons. The van der Waals surface area contributed by atoms with E-state index in [1.54, 1.807) is 6.20 Å². The molecule has 8 heterocycles. The number of anilines is 2. The Kier molecular flexibility index (Phi) is 4.07. The van der Waals surface area contributed by atoms with E-state index < -0.39 is 23.5 Å². The number of fused-ring (bicyclic) bond motifs is 3. The van der Waals surface area contributed by atoms with Crippen molar-refractivity contribution in [2.45, 2.75) is 56.0 Å². The first-order valence-electron chi connectivity index (χ1n) is 10.6. The highest BCUT2D eigenvalue weighted by molar-refractivity contribution is 6.08. The molecule has 9 nitrogen and oxygen atoms in total. The third kappa shape index (κ3) is 2.89. The molecule has 0 aromatic carbocycles. The van der Waals surface area contributed by atoms with E-state index in [2.05, 4.69) is 25.7 Å². The van der Waals surface area contributed by atoms with Crippen molar-refractivity contribution in [1.29, 1.82) is 0 Å². The normalized spacial score (nSPS) is 26.8. The number of halogens is 3. The number of hydrogen-bond acceptors (Lipinski definition) is 6. The van der Waals surface area contributed by atoms with Gasteiger partial charge in [-0.2, -0.15) is 23.4 Å². The van der Waals surface area contributed by atoms with Crippen molar-refractivity contribution in [3.8, 4) is 0 Å². The van der Waals surface area contributed by atoms with E-state index in [-0.39, 0.29) is 5.56 Å². The maximum Gasteiger partial charge on any atom is 0.437 e. The Morgan fingerprint density at radius 3 is 2.59 bits per heavy atom. The zero-order chi connectivity index (χ0) is 22.2. The largest absolute Gasteiger partial charge is 0.437 e. The van der Waals surface area contributed by atoms with Crippen molar-refractivity contribution in [3.05, 3.63) is 35.9 Å². The van der Waals surface area contributed by atoms with Crippen LogP contribution in [0.4, 0.5) is 24.7 Å². The zero-order valence-electron chi connectivity index (χ0n) is 17.2. The first kappa shape index (κ1) is 19.5. The number of nitrogens with zero attached hydrogens (tertiary/aromatic N) is 6. The second kappa shape index (κ2) is 6.67. The molecule has 1 amide bonds. The molecule has 0 aliphatic carbocycles. The standard InChI is InChI=1S/C20H21F3N8O/c1-29-9-13(17(28-29)20(21,22)23)26-19(32)10-8-24-30-7-6-16(27-18(10)30)31-14-4-2-11-15(31)5-3-12(14)25-11/h6-9,11-12,14-15,25H,2-5H2,1H3,(H,26,32). The summed E-state index contributed by atoms with van der Waals surface area (Å²) in [5.41, 5.74) is -1.14. The van der Waals surface area contributed by atoms with Gasteiger partial charge in [-0.25, -0.2) is 9.50 Å². The van der Waals surface area contributed by atoms with Crippen molar-refractivity contribution in [3.63, 3.8) is 0 Å². The number of nitrogens with one attached hydrogen (secondary N) is 2. The lowest BCUT2D eigenvalue weighted by atomic mass is 9.73. The number of rotatable bonds is 3. The highest BCUT2D eigenvalue weighted by Gasteiger charge is 2.50. The number of piperidine rings is 4. The van der Waals surface area contributed by atoms with Gasteiger partial charge >= 0.3 is 6.18 Å². The summed E-state index contributed by atoms with van der Waals surface area (Å²) < 4.78 is 42.2. The van der Waals surface area contributed by atoms with Crippen LogP contribution in [-0.4, -0.2) is 54.5 Å². The lowest BCUT2D eigenvalue weighted by molar-refractivity contribution is -0.140. The molecule has 5 fully saturated rings. The van der Waals surface area contributed by atoms with E-state index in [0.29, 0.717) is 29.8 Å². The van der Waals surface area contributed by atoms with Gasteiger partial charge in [-0.3, -0.25) is 9.48 Å². The molecule has 0 saturated carbocycles. The van der Waals surface area contributed by atoms with Crippen LogP contribution in [-0.2, 0) is 13.2 Å². The van der Waals surface area contributed by atoms with Gasteiger partial charge in [0.15, 0.2) is 11.3 Å². The van der Waals surface area contributed by atoms with Crippen molar-refractivity contribution in [2.24, 2.45) is 7.05 Å². The fourth-order valence-electron chi connectivity index (χ4n) is 5.55. The van der Waals surface area contributed by atoms with Crippen LogP contribution in [0.5, 0.6) is 0 Å². The van der Waals surface area contributed by atoms with E-state index in [9.17, 15) is 18.0 Å². The minimum atomic E-state index is -4.68. The minimum absolute atomic E-state index is 0.106. The van der Waals surface area contributed by atoms with E-state index in [0.717, 1.165) is 42.4 Å². The predicted molar refractivity (Wildman–Crippen MR) is 108 cm³/mol. The molecule has 4 unspecified atom stereocenters. The van der Waals surface area contributed by atoms with Gasteiger partial charge in [0, 0.05) is 43.6 Å². The fourth-order valence-corrected chi connectivity index (χ4v) is 5.55. The first-order chi connectivity index (χ1) is 15.3. The quantitative estimate of drug-likeness (QED) is 0.641. The van der Waals surface area contributed by atoms with E-state index in [1.165, 1.54) is 17.8 Å². The summed E-state index contributed by atoms with van der Waals surface area (Å²) in [5, 5.41) is 13.6. The van der Waals surface area contributed by atoms with E-state index >= 15 is 0 Å². The van der Waals surface area contributed by atoms with Gasteiger partial charge < -0.3 is 15.5 Å². The molecular formula is C20H21F3N8O. The summed E-state index contributed by atoms with van der Waals surface area (Å²) in [6.45, 7) is 0. The molecule has 5 saturated heterocycles. The fraction of sp³-hybridized carbons (Fsp3) is 0.500. The number of alkyl halides is 3. The lowest BCUT2D eigenvalue weighted by Crippen LogP contribution is -2.74. The molecule has 5 aliphatic rings. The molecule has 0 spiro atoms. The van der Waals surface area contributed by atoms with Gasteiger partial charge in [0.2, 0.25) is 0 Å². The zero-order valence-corrected chi connectivity index (χ0v) is 17.2. The third-order valence-corrected chi connectivity index (χ3v) is 6.83. The SMILES string of the molecule is Cn1cc(NC(=O)c2cnn3ccc(N4C5CCC6NC5CCC64)nc23)c(C(F)(F)F)n1. The maximum absolute atomic E-state index is 13.2. The molecule has 3 aromatic heterocycles. The number of hydrogen-bond donors (Lipinski definition) is 2. The number of aromatic nitrogens is 5. The highest BCUT2D eigenvalue weighted by Crippen LogP contribution is 2.42. The molecule has 2 N–H and O–H groups in total. The van der Waals surface area contributed by atoms with Crippen LogP contribution in [0.3, 0.4) is 0 Å². The van der Waals surface area contributed by atoms with Crippen molar-refractivity contribution < 1.29 is 18.0 Å². The van der Waals surface area contributed by atoms with Crippen LogP contribution in [0, 0.1) is 0 Å². The van der Waals surface area contributed by atoms with Crippen LogP contribution >= 0.6 is 0 Å². The Labute approximate surface area is 180 Å². The first-order valence-corrected chi connectivity index (χ1v) is 10.6. The Morgan fingerprint density at radius 2 is 1.91 bits per heavy atom. The summed E-state index contributed by atoms with van der Waals surface area (Å²) in [6.07, 6.45) is 4.00. The van der Waals surface area contributed by atoms with Crippen LogP contribution < -0.4 is 15.5 Å². The van der Waals surface area contributed by atoms with Gasteiger partial charge in [-0.15, -0.1) is 0 Å². The van der Waals surface area contributed by atoms with Crippen LogP contribution in [0.25, 0.3) is 5.65 Å². The molecule has 5 aliphatic heterocycles. The Morgan fingerprint density at radius 1 is 1.19 bits per heavy atom. The average molecular weight is 446 g/mol. The van der Waals surface area contributed by atoms with Gasteiger partial charge in [0.1, 0.15) is 11.4 Å². The number of piperazine rings is 1. The predicted octanol–water partition coefficient (Wildman–Crippen LogP) is 2.21. The van der Waals surface area contributed by atoms with Gasteiger partial charge in [0.25, 0.3) is 5.91 Å². The minimum Gasteiger partial charge on any atom is -0.347 e. The summed E-state index contributed by atoms with van der Waals surface area (Å²) >= 11 is 0. The van der Waals surface area contributed by atoms with Crippen molar-refractivity contribution in [1.82, 2.24) is 29.7 Å². The average Bonchev–Trinajstić information content (AvgIpc) is 3.36. The van der Waals surface area contributed by atoms with Gasteiger partial charge in [-0.05, 0) is 31.7 Å². The number of carbonyl (C=O) groups is 1. The van der Waals surface area contributed by atoms with Crippen LogP contribution in [0.1, 0.15) is 41.7 Å². The summed E-state index contributed by atoms with van der Waals surface area (Å²) in [4.78, 5) is 20.0. The molecule has 4 bridgehead atoms. The monoisotopic (exact) mass is 446 g/mol. The van der Waals surface area contributed by atoms with Gasteiger partial charge in [-0.1, -0.05) is 0 Å². The van der Waals surface area contributed by atoms with E-state index in [4.69, 9.17) is 4.98 Å². The summed E-state index contributed by atoms with van der Waals surface area (Å²) in [6, 6.07) is 3.49. The number of amides is 1. The third-order valence-electron chi connectivity index (χ3n) is 6.83. The second-order valence-corrected chi connectivity index (χ2v) is 8.71. The summed E-state index contributed by atoms with van der Waals surface area (Å²) in [7, 11) is 1.36. The smallest absolute Gasteiger partial charge is 0.347 e. The molecule has 12 heteroatoms. The van der Waals surface area contributed by atoms with Crippen molar-refractivity contribution in [2.75, 3.05) is 10.2 Å². The highest BCUT2D eigenvalue weighted by atomic mass is 19.4. The summed E-state index contributed by atoms with van der Waals surface area (Å²) in [5.74, 6) is 0.0572. The Hall–Kier alpha value is -3.15. The molecule has 3 aromatic rings.